The molecule has 1 atom stereocenters. The maximum atomic E-state index is 13.0. The number of fused-ring (bicyclic) bond motifs is 1. The summed E-state index contributed by atoms with van der Waals surface area (Å²) in [5.41, 5.74) is 4.69. The Morgan fingerprint density at radius 1 is 1.26 bits per heavy atom. The number of nitrogens with one attached hydrogen (secondary N) is 1. The number of nitrogens with zero attached hydrogens (tertiary/aromatic N) is 1. The van der Waals surface area contributed by atoms with Crippen LogP contribution >= 0.6 is 11.3 Å². The molecule has 0 amide bonds. The van der Waals surface area contributed by atoms with E-state index in [4.69, 9.17) is 9.47 Å². The molecule has 1 aliphatic rings. The van der Waals surface area contributed by atoms with Crippen LogP contribution in [0.25, 0.3) is 0 Å². The highest BCUT2D eigenvalue weighted by atomic mass is 32.2. The standard InChI is InChI=1S/C22H30N2O5S2/c1-14-6-7-17(10-15(14)2)11-24-9-8-18-19(12-24)30-22(20(18)21(25)29-5)31(26,27)23-16(3)13-28-4/h6-7,10,16,23H,8-9,11-13H2,1-5H3. The van der Waals surface area contributed by atoms with Gasteiger partial charge in [0.15, 0.2) is 0 Å². The fourth-order valence-electron chi connectivity index (χ4n) is 3.83. The fourth-order valence-corrected chi connectivity index (χ4v) is 7.00. The number of aryl methyl sites for hydroxylation is 2. The molecule has 1 N–H and O–H groups in total. The molecule has 7 nitrogen and oxygen atoms in total. The lowest BCUT2D eigenvalue weighted by Gasteiger charge is -2.27. The van der Waals surface area contributed by atoms with Crippen molar-refractivity contribution in [2.75, 3.05) is 27.4 Å². The summed E-state index contributed by atoms with van der Waals surface area (Å²) in [7, 11) is -1.09. The molecule has 1 aromatic heterocycles. The number of hydrogen-bond donors (Lipinski definition) is 1. The van der Waals surface area contributed by atoms with Gasteiger partial charge in [0.2, 0.25) is 0 Å². The Balaban J connectivity index is 1.89. The highest BCUT2D eigenvalue weighted by Crippen LogP contribution is 2.37. The first-order valence-electron chi connectivity index (χ1n) is 10.2. The Labute approximate surface area is 188 Å². The number of sulfonamides is 1. The molecule has 2 aromatic rings. The number of carbonyl (C=O) groups excluding carboxylic acids is 1. The van der Waals surface area contributed by atoms with Crippen molar-refractivity contribution in [2.24, 2.45) is 0 Å². The molecule has 0 saturated heterocycles. The van der Waals surface area contributed by atoms with Gasteiger partial charge in [-0.05, 0) is 49.4 Å². The summed E-state index contributed by atoms with van der Waals surface area (Å²) in [5, 5.41) is 0. The van der Waals surface area contributed by atoms with Gasteiger partial charge in [-0.15, -0.1) is 11.3 Å². The topological polar surface area (TPSA) is 84.9 Å². The minimum atomic E-state index is -3.88. The van der Waals surface area contributed by atoms with E-state index < -0.39 is 22.0 Å². The summed E-state index contributed by atoms with van der Waals surface area (Å²) < 4.78 is 38.7. The molecule has 9 heteroatoms. The first kappa shape index (κ1) is 23.9. The number of hydrogen-bond acceptors (Lipinski definition) is 7. The van der Waals surface area contributed by atoms with Crippen molar-refractivity contribution in [1.82, 2.24) is 9.62 Å². The number of carbonyl (C=O) groups is 1. The molecule has 31 heavy (non-hydrogen) atoms. The van der Waals surface area contributed by atoms with Crippen LogP contribution in [0.4, 0.5) is 0 Å². The predicted octanol–water partition coefficient (Wildman–Crippen LogP) is 3.02. The lowest BCUT2D eigenvalue weighted by molar-refractivity contribution is 0.0595. The average molecular weight is 467 g/mol. The zero-order valence-corrected chi connectivity index (χ0v) is 20.3. The number of methoxy groups -OCH3 is 2. The highest BCUT2D eigenvalue weighted by molar-refractivity contribution is 7.91. The van der Waals surface area contributed by atoms with Crippen LogP contribution in [-0.2, 0) is 39.0 Å². The van der Waals surface area contributed by atoms with Gasteiger partial charge in [0.1, 0.15) is 4.21 Å². The molecule has 170 valence electrons. The molecule has 1 aliphatic heterocycles. The molecule has 1 aromatic carbocycles. The summed E-state index contributed by atoms with van der Waals surface area (Å²) in [6.45, 7) is 8.27. The van der Waals surface area contributed by atoms with E-state index in [1.165, 1.54) is 30.9 Å². The van der Waals surface area contributed by atoms with Crippen molar-refractivity contribution in [3.8, 4) is 0 Å². The second kappa shape index (κ2) is 9.79. The van der Waals surface area contributed by atoms with E-state index in [-0.39, 0.29) is 16.4 Å². The Bertz CT molecular complexity index is 1060. The van der Waals surface area contributed by atoms with Crippen LogP contribution in [0, 0.1) is 13.8 Å². The smallest absolute Gasteiger partial charge is 0.340 e. The maximum Gasteiger partial charge on any atom is 0.340 e. The second-order valence-corrected chi connectivity index (χ2v) is 11.0. The first-order chi connectivity index (χ1) is 14.7. The second-order valence-electron chi connectivity index (χ2n) is 8.01. The third-order valence-electron chi connectivity index (χ3n) is 5.49. The van der Waals surface area contributed by atoms with Crippen LogP contribution in [0.15, 0.2) is 22.4 Å². The number of thiophene rings is 1. The third kappa shape index (κ3) is 5.35. The van der Waals surface area contributed by atoms with Crippen molar-refractivity contribution in [3.63, 3.8) is 0 Å². The molecule has 0 saturated carbocycles. The Morgan fingerprint density at radius 2 is 2.00 bits per heavy atom. The Kier molecular flexibility index (Phi) is 7.54. The number of esters is 1. The largest absolute Gasteiger partial charge is 0.465 e. The van der Waals surface area contributed by atoms with Gasteiger partial charge in [0.25, 0.3) is 10.0 Å². The maximum absolute atomic E-state index is 13.0. The van der Waals surface area contributed by atoms with Gasteiger partial charge in [-0.25, -0.2) is 17.9 Å². The van der Waals surface area contributed by atoms with Gasteiger partial charge in [-0.2, -0.15) is 0 Å². The van der Waals surface area contributed by atoms with E-state index in [0.717, 1.165) is 34.9 Å². The average Bonchev–Trinajstić information content (AvgIpc) is 3.10. The number of benzene rings is 1. The normalized spacial score (nSPS) is 15.5. The highest BCUT2D eigenvalue weighted by Gasteiger charge is 2.34. The Morgan fingerprint density at radius 3 is 2.65 bits per heavy atom. The molecule has 2 heterocycles. The zero-order chi connectivity index (χ0) is 22.8. The van der Waals surface area contributed by atoms with Gasteiger partial charge in [-0.3, -0.25) is 4.90 Å². The van der Waals surface area contributed by atoms with E-state index in [1.807, 2.05) is 0 Å². The van der Waals surface area contributed by atoms with Crippen LogP contribution < -0.4 is 4.72 Å². The van der Waals surface area contributed by atoms with Crippen LogP contribution in [0.1, 0.15) is 44.4 Å². The van der Waals surface area contributed by atoms with E-state index >= 15 is 0 Å². The van der Waals surface area contributed by atoms with Crippen molar-refractivity contribution in [3.05, 3.63) is 50.9 Å². The van der Waals surface area contributed by atoms with Crippen LogP contribution in [0.5, 0.6) is 0 Å². The summed E-state index contributed by atoms with van der Waals surface area (Å²) in [5.74, 6) is -0.611. The summed E-state index contributed by atoms with van der Waals surface area (Å²) in [6.07, 6.45) is 0.601. The monoisotopic (exact) mass is 466 g/mol. The zero-order valence-electron chi connectivity index (χ0n) is 18.6. The van der Waals surface area contributed by atoms with Crippen LogP contribution in [0.2, 0.25) is 0 Å². The van der Waals surface area contributed by atoms with E-state index in [2.05, 4.69) is 41.7 Å². The molecule has 3 rings (SSSR count). The van der Waals surface area contributed by atoms with Gasteiger partial charge in [0.05, 0.1) is 19.3 Å². The van der Waals surface area contributed by atoms with Crippen molar-refractivity contribution >= 4 is 27.3 Å². The fraction of sp³-hybridized carbons (Fsp3) is 0.500. The molecule has 1 unspecified atom stereocenters. The summed E-state index contributed by atoms with van der Waals surface area (Å²) in [6, 6.07) is 6.03. The minimum Gasteiger partial charge on any atom is -0.465 e. The van der Waals surface area contributed by atoms with Gasteiger partial charge >= 0.3 is 5.97 Å². The molecule has 0 aliphatic carbocycles. The quantitative estimate of drug-likeness (QED) is 0.602. The lowest BCUT2D eigenvalue weighted by atomic mass is 10.0. The SMILES string of the molecule is COCC(C)NS(=O)(=O)c1sc2c(c1C(=O)OC)CCN(Cc1ccc(C)c(C)c1)C2. The van der Waals surface area contributed by atoms with Gasteiger partial charge in [0, 0.05) is 37.7 Å². The van der Waals surface area contributed by atoms with Gasteiger partial charge in [-0.1, -0.05) is 18.2 Å². The van der Waals surface area contributed by atoms with E-state index in [1.54, 1.807) is 6.92 Å². The lowest BCUT2D eigenvalue weighted by Crippen LogP contribution is -2.36. The Hall–Kier alpha value is -1.78. The molecular weight excluding hydrogens is 436 g/mol. The van der Waals surface area contributed by atoms with Crippen LogP contribution in [0.3, 0.4) is 0 Å². The number of ether oxygens (including phenoxy) is 2. The molecule has 0 fully saturated rings. The van der Waals surface area contributed by atoms with Gasteiger partial charge < -0.3 is 9.47 Å². The minimum absolute atomic E-state index is 0.0281. The number of rotatable bonds is 8. The molecule has 0 spiro atoms. The molecule has 0 radical (unpaired) electrons. The van der Waals surface area contributed by atoms with Crippen LogP contribution in [-0.4, -0.2) is 52.7 Å². The van der Waals surface area contributed by atoms with E-state index in [9.17, 15) is 13.2 Å². The predicted molar refractivity (Wildman–Crippen MR) is 121 cm³/mol. The van der Waals surface area contributed by atoms with Crippen molar-refractivity contribution < 1.29 is 22.7 Å². The van der Waals surface area contributed by atoms with Crippen molar-refractivity contribution in [1.29, 1.82) is 0 Å². The van der Waals surface area contributed by atoms with Crippen molar-refractivity contribution in [2.45, 2.75) is 50.5 Å². The molecule has 0 bridgehead atoms. The molecular formula is C22H30N2O5S2. The van der Waals surface area contributed by atoms with E-state index in [0.29, 0.717) is 13.0 Å². The summed E-state index contributed by atoms with van der Waals surface area (Å²) >= 11 is 1.16. The third-order valence-corrected chi connectivity index (χ3v) is 8.81. The summed E-state index contributed by atoms with van der Waals surface area (Å²) in [4.78, 5) is 15.7. The first-order valence-corrected chi connectivity index (χ1v) is 12.5.